The van der Waals surface area contributed by atoms with Crippen molar-refractivity contribution in [2.75, 3.05) is 0 Å². The van der Waals surface area contributed by atoms with Gasteiger partial charge in [0, 0.05) is 26.6 Å². The fourth-order valence-electron chi connectivity index (χ4n) is 2.60. The first-order valence-corrected chi connectivity index (χ1v) is 10.5. The Morgan fingerprint density at radius 2 is 1.65 bits per heavy atom. The van der Waals surface area contributed by atoms with Crippen LogP contribution in [0.3, 0.4) is 0 Å². The summed E-state index contributed by atoms with van der Waals surface area (Å²) >= 11 is 4.40. The number of ketones is 1. The van der Waals surface area contributed by atoms with Gasteiger partial charge in [0.05, 0.1) is 4.91 Å². The molecule has 8 heteroatoms. The predicted octanol–water partition coefficient (Wildman–Crippen LogP) is 7.81. The highest BCUT2D eigenvalue weighted by molar-refractivity contribution is 9.10. The average Bonchev–Trinajstić information content (AvgIpc) is 2.70. The van der Waals surface area contributed by atoms with Gasteiger partial charge in [0.25, 0.3) is 0 Å². The van der Waals surface area contributed by atoms with Crippen LogP contribution in [0.4, 0.5) is 17.6 Å². The maximum absolute atomic E-state index is 13.6. The van der Waals surface area contributed by atoms with Crippen LogP contribution in [0.25, 0.3) is 6.08 Å². The Morgan fingerprint density at radius 3 is 2.26 bits per heavy atom. The Hall–Kier alpha value is -2.58. The first-order valence-electron chi connectivity index (χ1n) is 8.92. The summed E-state index contributed by atoms with van der Waals surface area (Å²) in [5, 5.41) is 0. The van der Waals surface area contributed by atoms with Crippen molar-refractivity contribution < 1.29 is 27.1 Å². The molecule has 0 spiro atoms. The summed E-state index contributed by atoms with van der Waals surface area (Å²) in [6.45, 7) is 1.91. The van der Waals surface area contributed by atoms with Crippen LogP contribution in [-0.4, -0.2) is 12.1 Å². The maximum atomic E-state index is 13.6. The van der Waals surface area contributed by atoms with E-state index in [1.807, 2.05) is 19.1 Å². The molecule has 160 valence electrons. The van der Waals surface area contributed by atoms with Gasteiger partial charge in [0.1, 0.15) is 11.6 Å². The minimum Gasteiger partial charge on any atom is -0.405 e. The predicted molar refractivity (Wildman–Crippen MR) is 117 cm³/mol. The number of ether oxygens (including phenoxy) is 1. The highest BCUT2D eigenvalue weighted by Crippen LogP contribution is 2.35. The van der Waals surface area contributed by atoms with Gasteiger partial charge in [-0.1, -0.05) is 45.4 Å². The van der Waals surface area contributed by atoms with Crippen molar-refractivity contribution in [1.29, 1.82) is 0 Å². The summed E-state index contributed by atoms with van der Waals surface area (Å²) < 4.78 is 56.7. The Morgan fingerprint density at radius 1 is 1.00 bits per heavy atom. The van der Waals surface area contributed by atoms with Crippen molar-refractivity contribution in [3.05, 3.63) is 98.6 Å². The molecule has 0 bridgehead atoms. The zero-order valence-corrected chi connectivity index (χ0v) is 18.4. The normalized spacial score (nSPS) is 12.0. The summed E-state index contributed by atoms with van der Waals surface area (Å²) in [6, 6.07) is 16.7. The van der Waals surface area contributed by atoms with E-state index in [2.05, 4.69) is 20.7 Å². The molecule has 0 saturated carbocycles. The zero-order chi connectivity index (χ0) is 22.6. The van der Waals surface area contributed by atoms with E-state index in [4.69, 9.17) is 0 Å². The molecule has 0 N–H and O–H groups in total. The van der Waals surface area contributed by atoms with Crippen molar-refractivity contribution in [3.63, 3.8) is 0 Å². The van der Waals surface area contributed by atoms with Gasteiger partial charge in [-0.25, -0.2) is 4.39 Å². The lowest BCUT2D eigenvalue weighted by Gasteiger charge is -2.13. The van der Waals surface area contributed by atoms with Crippen molar-refractivity contribution in [1.82, 2.24) is 0 Å². The van der Waals surface area contributed by atoms with E-state index in [1.54, 1.807) is 36.4 Å². The Balaban J connectivity index is 2.07. The fraction of sp³-hybridized carbons (Fsp3) is 0.0870. The van der Waals surface area contributed by atoms with Gasteiger partial charge in [0.2, 0.25) is 0 Å². The third-order valence-electron chi connectivity index (χ3n) is 4.07. The lowest BCUT2D eigenvalue weighted by atomic mass is 10.1. The number of allylic oxidation sites excluding steroid dienone is 1. The van der Waals surface area contributed by atoms with Gasteiger partial charge in [-0.2, -0.15) is 0 Å². The fourth-order valence-corrected chi connectivity index (χ4v) is 3.79. The molecule has 3 rings (SSSR count). The van der Waals surface area contributed by atoms with Crippen LogP contribution in [0.1, 0.15) is 21.5 Å². The van der Waals surface area contributed by atoms with Crippen LogP contribution in [0, 0.1) is 12.7 Å². The number of benzene rings is 3. The van der Waals surface area contributed by atoms with Crippen LogP contribution in [-0.2, 0) is 0 Å². The second-order valence-electron chi connectivity index (χ2n) is 6.49. The summed E-state index contributed by atoms with van der Waals surface area (Å²) in [6.07, 6.45) is -3.73. The lowest BCUT2D eigenvalue weighted by molar-refractivity contribution is -0.274. The third-order valence-corrected chi connectivity index (χ3v) is 5.63. The summed E-state index contributed by atoms with van der Waals surface area (Å²) in [7, 11) is 0. The van der Waals surface area contributed by atoms with Gasteiger partial charge in [-0.05, 0) is 61.5 Å². The number of alkyl halides is 3. The second-order valence-corrected chi connectivity index (χ2v) is 8.52. The molecule has 0 atom stereocenters. The molecule has 3 aromatic carbocycles. The topological polar surface area (TPSA) is 26.3 Å². The molecule has 0 saturated heterocycles. The number of aryl methyl sites for hydroxylation is 1. The van der Waals surface area contributed by atoms with Crippen molar-refractivity contribution in [2.24, 2.45) is 0 Å². The zero-order valence-electron chi connectivity index (χ0n) is 16.0. The van der Waals surface area contributed by atoms with Gasteiger partial charge in [0.15, 0.2) is 5.78 Å². The molecule has 0 unspecified atom stereocenters. The van der Waals surface area contributed by atoms with Gasteiger partial charge >= 0.3 is 6.36 Å². The minimum atomic E-state index is -5.00. The minimum absolute atomic E-state index is 0.0706. The Labute approximate surface area is 189 Å². The summed E-state index contributed by atoms with van der Waals surface area (Å²) in [5.41, 5.74) is 1.31. The average molecular weight is 511 g/mol. The standard InChI is InChI=1S/C23H15BrF4O2S/c1-14-2-10-19(11-3-14)31-21(22(29)15-4-7-17(24)8-5-15)12-16-6-9-18(25)13-20(16)30-23(26,27)28/h2-13H,1H3/b21-12+. The molecule has 0 fully saturated rings. The van der Waals surface area contributed by atoms with E-state index in [0.717, 1.165) is 38.8 Å². The monoisotopic (exact) mass is 510 g/mol. The number of carbonyl (C=O) groups is 1. The Kier molecular flexibility index (Phi) is 7.23. The second kappa shape index (κ2) is 9.70. The van der Waals surface area contributed by atoms with E-state index < -0.39 is 17.9 Å². The third kappa shape index (κ3) is 6.70. The first kappa shape index (κ1) is 23.1. The smallest absolute Gasteiger partial charge is 0.405 e. The van der Waals surface area contributed by atoms with Crippen molar-refractivity contribution >= 4 is 39.6 Å². The highest BCUT2D eigenvalue weighted by atomic mass is 79.9. The molecular formula is C23H15BrF4O2S. The number of hydrogen-bond acceptors (Lipinski definition) is 3. The SMILES string of the molecule is Cc1ccc(S/C(=C/c2ccc(F)cc2OC(F)(F)F)C(=O)c2ccc(Br)cc2)cc1. The van der Waals surface area contributed by atoms with Gasteiger partial charge in [-0.15, -0.1) is 13.2 Å². The van der Waals surface area contributed by atoms with Crippen LogP contribution in [0.5, 0.6) is 5.75 Å². The molecular weight excluding hydrogens is 496 g/mol. The van der Waals surface area contributed by atoms with Crippen LogP contribution in [0.2, 0.25) is 0 Å². The van der Waals surface area contributed by atoms with Crippen LogP contribution in [0.15, 0.2) is 81.0 Å². The van der Waals surface area contributed by atoms with Crippen molar-refractivity contribution in [3.8, 4) is 5.75 Å². The molecule has 0 aromatic heterocycles. The number of rotatable bonds is 6. The molecule has 0 heterocycles. The van der Waals surface area contributed by atoms with E-state index in [1.165, 1.54) is 6.08 Å². The molecule has 2 nitrogen and oxygen atoms in total. The molecule has 0 aliphatic heterocycles. The quantitative estimate of drug-likeness (QED) is 0.146. The molecule has 0 radical (unpaired) electrons. The molecule has 31 heavy (non-hydrogen) atoms. The van der Waals surface area contributed by atoms with Gasteiger partial charge in [-0.3, -0.25) is 4.79 Å². The number of Topliss-reactive ketones (excluding diaryl/α,β-unsaturated/α-hetero) is 1. The van der Waals surface area contributed by atoms with Gasteiger partial charge < -0.3 is 4.74 Å². The highest BCUT2D eigenvalue weighted by Gasteiger charge is 2.32. The van der Waals surface area contributed by atoms with Crippen LogP contribution >= 0.6 is 27.7 Å². The summed E-state index contributed by atoms with van der Waals surface area (Å²) in [5.74, 6) is -2.00. The number of carbonyl (C=O) groups excluding carboxylic acids is 1. The number of halogens is 5. The Bertz CT molecular complexity index is 1110. The first-order chi connectivity index (χ1) is 14.6. The lowest BCUT2D eigenvalue weighted by Crippen LogP contribution is -2.18. The molecule has 0 aliphatic carbocycles. The molecule has 3 aromatic rings. The van der Waals surface area contributed by atoms with E-state index >= 15 is 0 Å². The number of hydrogen-bond donors (Lipinski definition) is 0. The van der Waals surface area contributed by atoms with Crippen LogP contribution < -0.4 is 4.74 Å². The van der Waals surface area contributed by atoms with E-state index in [-0.39, 0.29) is 16.3 Å². The largest absolute Gasteiger partial charge is 0.573 e. The molecule has 0 amide bonds. The van der Waals surface area contributed by atoms with Crippen molar-refractivity contribution in [2.45, 2.75) is 18.2 Å². The van der Waals surface area contributed by atoms with E-state index in [0.29, 0.717) is 11.6 Å². The van der Waals surface area contributed by atoms with E-state index in [9.17, 15) is 22.4 Å². The molecule has 0 aliphatic rings. The number of thioether (sulfide) groups is 1. The summed E-state index contributed by atoms with van der Waals surface area (Å²) in [4.78, 5) is 14.0. The maximum Gasteiger partial charge on any atom is 0.573 e.